The van der Waals surface area contributed by atoms with Crippen molar-refractivity contribution in [3.05, 3.63) is 30.1 Å². The molecule has 7 heteroatoms. The first kappa shape index (κ1) is 17.7. The van der Waals surface area contributed by atoms with Gasteiger partial charge in [-0.2, -0.15) is 0 Å². The number of likely N-dealkylation sites (tertiary alicyclic amines) is 1. The van der Waals surface area contributed by atoms with Crippen LogP contribution >= 0.6 is 0 Å². The minimum Gasteiger partial charge on any atom is -0.339 e. The SMILES string of the molecule is CCN(C(=O)CN1CC[C@@H](NC(=O)Nc2ccc(F)cc2)C1)C1CC1. The molecule has 0 bridgehead atoms. The van der Waals surface area contributed by atoms with Crippen LogP contribution in [-0.4, -0.2) is 60.0 Å². The molecule has 2 fully saturated rings. The zero-order chi connectivity index (χ0) is 17.8. The van der Waals surface area contributed by atoms with Gasteiger partial charge in [-0.05, 0) is 50.5 Å². The van der Waals surface area contributed by atoms with Crippen LogP contribution in [0.15, 0.2) is 24.3 Å². The molecule has 6 nitrogen and oxygen atoms in total. The minimum atomic E-state index is -0.339. The van der Waals surface area contributed by atoms with Gasteiger partial charge in [0, 0.05) is 37.4 Å². The van der Waals surface area contributed by atoms with Crippen LogP contribution in [0, 0.1) is 5.82 Å². The van der Waals surface area contributed by atoms with E-state index in [1.807, 2.05) is 11.8 Å². The third-order valence-electron chi connectivity index (χ3n) is 4.72. The molecule has 136 valence electrons. The lowest BCUT2D eigenvalue weighted by molar-refractivity contribution is -0.132. The number of halogens is 1. The Morgan fingerprint density at radius 3 is 2.60 bits per heavy atom. The van der Waals surface area contributed by atoms with Crippen LogP contribution in [0.4, 0.5) is 14.9 Å². The van der Waals surface area contributed by atoms with Gasteiger partial charge < -0.3 is 15.5 Å². The quantitative estimate of drug-likeness (QED) is 0.827. The van der Waals surface area contributed by atoms with Crippen LogP contribution in [0.1, 0.15) is 26.2 Å². The molecule has 1 saturated heterocycles. The van der Waals surface area contributed by atoms with Gasteiger partial charge in [0.05, 0.1) is 6.54 Å². The first-order valence-electron chi connectivity index (χ1n) is 8.90. The molecule has 0 spiro atoms. The first-order valence-corrected chi connectivity index (χ1v) is 8.90. The molecule has 0 aromatic heterocycles. The van der Waals surface area contributed by atoms with Gasteiger partial charge in [-0.1, -0.05) is 0 Å². The van der Waals surface area contributed by atoms with Crippen molar-refractivity contribution >= 4 is 17.6 Å². The summed E-state index contributed by atoms with van der Waals surface area (Å²) in [6.07, 6.45) is 3.06. The van der Waals surface area contributed by atoms with Gasteiger partial charge in [0.15, 0.2) is 0 Å². The number of anilines is 1. The summed E-state index contributed by atoms with van der Waals surface area (Å²) in [6.45, 7) is 4.67. The Balaban J connectivity index is 1.42. The highest BCUT2D eigenvalue weighted by atomic mass is 19.1. The molecular formula is C18H25FN4O2. The Labute approximate surface area is 147 Å². The van der Waals surface area contributed by atoms with E-state index in [2.05, 4.69) is 15.5 Å². The van der Waals surface area contributed by atoms with Crippen LogP contribution in [0.2, 0.25) is 0 Å². The Kier molecular flexibility index (Phi) is 5.53. The van der Waals surface area contributed by atoms with Crippen molar-refractivity contribution in [2.75, 3.05) is 31.5 Å². The standard InChI is InChI=1S/C18H25FN4O2/c1-2-23(16-7-8-16)17(24)12-22-10-9-15(11-22)21-18(25)20-14-5-3-13(19)4-6-14/h3-6,15-16H,2,7-12H2,1H3,(H2,20,21,25)/t15-/m1/s1. The van der Waals surface area contributed by atoms with Crippen LogP contribution in [0.25, 0.3) is 0 Å². The third-order valence-corrected chi connectivity index (χ3v) is 4.72. The summed E-state index contributed by atoms with van der Waals surface area (Å²) in [5.41, 5.74) is 0.548. The number of hydrogen-bond donors (Lipinski definition) is 2. The van der Waals surface area contributed by atoms with Crippen molar-refractivity contribution in [1.29, 1.82) is 0 Å². The van der Waals surface area contributed by atoms with Crippen LogP contribution in [-0.2, 0) is 4.79 Å². The summed E-state index contributed by atoms with van der Waals surface area (Å²) < 4.78 is 12.9. The van der Waals surface area contributed by atoms with E-state index in [0.717, 1.165) is 32.4 Å². The predicted octanol–water partition coefficient (Wildman–Crippen LogP) is 2.03. The first-order chi connectivity index (χ1) is 12.0. The van der Waals surface area contributed by atoms with Crippen molar-refractivity contribution < 1.29 is 14.0 Å². The van der Waals surface area contributed by atoms with Crippen LogP contribution in [0.3, 0.4) is 0 Å². The summed E-state index contributed by atoms with van der Waals surface area (Å²) in [6, 6.07) is 5.80. The summed E-state index contributed by atoms with van der Waals surface area (Å²) >= 11 is 0. The maximum Gasteiger partial charge on any atom is 0.319 e. The van der Waals surface area contributed by atoms with Gasteiger partial charge in [-0.3, -0.25) is 9.69 Å². The molecule has 0 unspecified atom stereocenters. The van der Waals surface area contributed by atoms with E-state index < -0.39 is 0 Å². The fourth-order valence-corrected chi connectivity index (χ4v) is 3.29. The maximum absolute atomic E-state index is 12.9. The number of carbonyl (C=O) groups excluding carboxylic acids is 2. The molecule has 25 heavy (non-hydrogen) atoms. The zero-order valence-corrected chi connectivity index (χ0v) is 14.5. The number of likely N-dealkylation sites (N-methyl/N-ethyl adjacent to an activating group) is 1. The van der Waals surface area contributed by atoms with Gasteiger partial charge in [-0.25, -0.2) is 9.18 Å². The summed E-state index contributed by atoms with van der Waals surface area (Å²) in [4.78, 5) is 28.4. The van der Waals surface area contributed by atoms with E-state index in [-0.39, 0.29) is 23.8 Å². The second-order valence-corrected chi connectivity index (χ2v) is 6.74. The average molecular weight is 348 g/mol. The van der Waals surface area contributed by atoms with E-state index in [1.54, 1.807) is 0 Å². The molecule has 1 aromatic rings. The number of urea groups is 1. The molecule has 2 aliphatic rings. The number of hydrogen-bond acceptors (Lipinski definition) is 3. The highest BCUT2D eigenvalue weighted by molar-refractivity contribution is 5.89. The maximum atomic E-state index is 12.9. The van der Waals surface area contributed by atoms with Gasteiger partial charge in [0.1, 0.15) is 5.82 Å². The molecule has 1 aliphatic carbocycles. The minimum absolute atomic E-state index is 0.0178. The molecule has 1 saturated carbocycles. The lowest BCUT2D eigenvalue weighted by atomic mass is 10.3. The molecule has 2 N–H and O–H groups in total. The number of nitrogens with zero attached hydrogens (tertiary/aromatic N) is 2. The van der Waals surface area contributed by atoms with E-state index in [0.29, 0.717) is 24.8 Å². The Hall–Kier alpha value is -2.15. The van der Waals surface area contributed by atoms with E-state index in [9.17, 15) is 14.0 Å². The fraction of sp³-hybridized carbons (Fsp3) is 0.556. The predicted molar refractivity (Wildman–Crippen MR) is 93.8 cm³/mol. The van der Waals surface area contributed by atoms with Crippen molar-refractivity contribution in [2.45, 2.75) is 38.3 Å². The largest absolute Gasteiger partial charge is 0.339 e. The summed E-state index contributed by atoms with van der Waals surface area (Å²) in [5.74, 6) is -0.157. The van der Waals surface area contributed by atoms with Gasteiger partial charge in [-0.15, -0.1) is 0 Å². The van der Waals surface area contributed by atoms with Crippen LogP contribution in [0.5, 0.6) is 0 Å². The second kappa shape index (κ2) is 7.82. The van der Waals surface area contributed by atoms with Crippen molar-refractivity contribution in [3.8, 4) is 0 Å². The summed E-state index contributed by atoms with van der Waals surface area (Å²) in [5, 5.41) is 5.60. The molecule has 3 amide bonds. The number of benzene rings is 1. The monoisotopic (exact) mass is 348 g/mol. The lowest BCUT2D eigenvalue weighted by Crippen LogP contribution is -2.43. The van der Waals surface area contributed by atoms with Gasteiger partial charge >= 0.3 is 6.03 Å². The van der Waals surface area contributed by atoms with Crippen molar-refractivity contribution in [1.82, 2.24) is 15.1 Å². The van der Waals surface area contributed by atoms with Gasteiger partial charge in [0.2, 0.25) is 5.91 Å². The second-order valence-electron chi connectivity index (χ2n) is 6.74. The number of rotatable bonds is 6. The molecule has 1 aromatic carbocycles. The normalized spacial score (nSPS) is 20.3. The zero-order valence-electron chi connectivity index (χ0n) is 14.5. The fourth-order valence-electron chi connectivity index (χ4n) is 3.29. The Morgan fingerprint density at radius 2 is 1.96 bits per heavy atom. The Bertz CT molecular complexity index is 618. The molecular weight excluding hydrogens is 323 g/mol. The molecule has 3 rings (SSSR count). The number of nitrogens with one attached hydrogen (secondary N) is 2. The van der Waals surface area contributed by atoms with E-state index >= 15 is 0 Å². The highest BCUT2D eigenvalue weighted by Gasteiger charge is 2.33. The third kappa shape index (κ3) is 4.92. The molecule has 0 radical (unpaired) electrons. The molecule has 1 atom stereocenters. The lowest BCUT2D eigenvalue weighted by Gasteiger charge is -2.24. The van der Waals surface area contributed by atoms with E-state index in [1.165, 1.54) is 24.3 Å². The number of amides is 3. The number of carbonyl (C=O) groups is 2. The molecule has 1 heterocycles. The van der Waals surface area contributed by atoms with Gasteiger partial charge in [0.25, 0.3) is 0 Å². The average Bonchev–Trinajstić information content (AvgIpc) is 3.31. The summed E-state index contributed by atoms with van der Waals surface area (Å²) in [7, 11) is 0. The smallest absolute Gasteiger partial charge is 0.319 e. The molecule has 1 aliphatic heterocycles. The topological polar surface area (TPSA) is 64.7 Å². The highest BCUT2D eigenvalue weighted by Crippen LogP contribution is 2.26. The van der Waals surface area contributed by atoms with Crippen molar-refractivity contribution in [3.63, 3.8) is 0 Å². The van der Waals surface area contributed by atoms with Crippen molar-refractivity contribution in [2.24, 2.45) is 0 Å². The van der Waals surface area contributed by atoms with E-state index in [4.69, 9.17) is 0 Å². The Morgan fingerprint density at radius 1 is 1.24 bits per heavy atom. The van der Waals surface area contributed by atoms with Crippen LogP contribution < -0.4 is 10.6 Å².